The molecule has 0 amide bonds. The van der Waals surface area contributed by atoms with E-state index in [0.717, 1.165) is 12.8 Å². The number of allylic oxidation sites excluding steroid dienone is 1. The minimum Gasteiger partial charge on any atom is -0.313 e. The molecule has 2 aromatic heterocycles. The van der Waals surface area contributed by atoms with E-state index < -0.39 is 0 Å². The minimum absolute atomic E-state index is 1.06. The van der Waals surface area contributed by atoms with Gasteiger partial charge in [0.1, 0.15) is 0 Å². The largest absolute Gasteiger partial charge is 0.313 e. The topological polar surface area (TPSA) is 9.86 Å². The lowest BCUT2D eigenvalue weighted by Gasteiger charge is -2.14. The van der Waals surface area contributed by atoms with Crippen LogP contribution < -0.4 is 0 Å². The van der Waals surface area contributed by atoms with Gasteiger partial charge in [0, 0.05) is 44.2 Å². The van der Waals surface area contributed by atoms with E-state index in [1.807, 2.05) is 0 Å². The summed E-state index contributed by atoms with van der Waals surface area (Å²) in [5.74, 6) is 0. The molecule has 0 bridgehead atoms. The number of fused-ring (bicyclic) bond motifs is 11. The molecule has 8 aromatic rings. The van der Waals surface area contributed by atoms with Crippen LogP contribution in [-0.2, 0) is 6.42 Å². The Hall–Kier alpha value is -5.60. The zero-order valence-corrected chi connectivity index (χ0v) is 24.2. The molecule has 0 fully saturated rings. The van der Waals surface area contributed by atoms with E-state index in [4.69, 9.17) is 0 Å². The zero-order chi connectivity index (χ0) is 28.8. The van der Waals surface area contributed by atoms with Gasteiger partial charge in [-0.3, -0.25) is 0 Å². The summed E-state index contributed by atoms with van der Waals surface area (Å²) in [6.45, 7) is 0. The lowest BCUT2D eigenvalue weighted by molar-refractivity contribution is 0.888. The molecule has 0 N–H and O–H groups in total. The summed E-state index contributed by atoms with van der Waals surface area (Å²) in [5.41, 5.74) is 16.6. The molecule has 3 heterocycles. The average Bonchev–Trinajstić information content (AvgIpc) is 3.56. The van der Waals surface area contributed by atoms with E-state index >= 15 is 0 Å². The molecule has 2 heteroatoms. The van der Waals surface area contributed by atoms with Gasteiger partial charge in [-0.05, 0) is 65.4 Å². The van der Waals surface area contributed by atoms with Gasteiger partial charge in [-0.2, -0.15) is 0 Å². The molecule has 206 valence electrons. The lowest BCUT2D eigenvalue weighted by Crippen LogP contribution is -2.02. The quantitative estimate of drug-likeness (QED) is 0.199. The Kier molecular flexibility index (Phi) is 4.86. The molecule has 0 unspecified atom stereocenters. The van der Waals surface area contributed by atoms with Gasteiger partial charge in [-0.15, -0.1) is 0 Å². The van der Waals surface area contributed by atoms with Crippen LogP contribution in [0.5, 0.6) is 0 Å². The number of rotatable bonds is 2. The highest BCUT2D eigenvalue weighted by atomic mass is 15.0. The first-order valence-corrected chi connectivity index (χ1v) is 15.5. The third-order valence-electron chi connectivity index (χ3n) is 9.73. The van der Waals surface area contributed by atoms with Gasteiger partial charge in [-0.25, -0.2) is 0 Å². The van der Waals surface area contributed by atoms with Crippen molar-refractivity contribution < 1.29 is 0 Å². The molecule has 6 aromatic carbocycles. The first-order valence-electron chi connectivity index (χ1n) is 15.5. The van der Waals surface area contributed by atoms with Crippen LogP contribution in [0.4, 0.5) is 0 Å². The first-order chi connectivity index (χ1) is 21.8. The predicted molar refractivity (Wildman–Crippen MR) is 185 cm³/mol. The van der Waals surface area contributed by atoms with Crippen LogP contribution in [0.25, 0.3) is 83.5 Å². The summed E-state index contributed by atoms with van der Waals surface area (Å²) in [6, 6.07) is 49.4. The van der Waals surface area contributed by atoms with E-state index in [-0.39, 0.29) is 0 Å². The van der Waals surface area contributed by atoms with Crippen molar-refractivity contribution in [1.82, 2.24) is 9.13 Å². The maximum Gasteiger partial charge on any atom is 0.0619 e. The van der Waals surface area contributed by atoms with Crippen LogP contribution in [0, 0.1) is 0 Å². The fourth-order valence-electron chi connectivity index (χ4n) is 7.83. The van der Waals surface area contributed by atoms with Gasteiger partial charge in [0.15, 0.2) is 0 Å². The van der Waals surface area contributed by atoms with Gasteiger partial charge in [-0.1, -0.05) is 115 Å². The van der Waals surface area contributed by atoms with Gasteiger partial charge in [0.2, 0.25) is 0 Å². The minimum atomic E-state index is 1.06. The Morgan fingerprint density at radius 1 is 0.477 bits per heavy atom. The van der Waals surface area contributed by atoms with Crippen molar-refractivity contribution in [2.24, 2.45) is 0 Å². The van der Waals surface area contributed by atoms with E-state index in [1.54, 1.807) is 0 Å². The van der Waals surface area contributed by atoms with E-state index in [0.29, 0.717) is 0 Å². The molecule has 10 rings (SSSR count). The van der Waals surface area contributed by atoms with Crippen LogP contribution in [-0.4, -0.2) is 9.13 Å². The lowest BCUT2D eigenvalue weighted by atomic mass is 9.93. The van der Waals surface area contributed by atoms with Gasteiger partial charge in [0.25, 0.3) is 0 Å². The second kappa shape index (κ2) is 8.95. The molecule has 2 nitrogen and oxygen atoms in total. The summed E-state index contributed by atoms with van der Waals surface area (Å²) in [5, 5.41) is 3.90. The van der Waals surface area contributed by atoms with Crippen LogP contribution >= 0.6 is 0 Å². The molecule has 1 aliphatic carbocycles. The second-order valence-corrected chi connectivity index (χ2v) is 12.0. The van der Waals surface area contributed by atoms with Crippen LogP contribution in [0.3, 0.4) is 0 Å². The summed E-state index contributed by atoms with van der Waals surface area (Å²) in [6.07, 6.45) is 6.77. The summed E-state index contributed by atoms with van der Waals surface area (Å²) < 4.78 is 4.99. The number of hydrogen-bond acceptors (Lipinski definition) is 0. The summed E-state index contributed by atoms with van der Waals surface area (Å²) in [4.78, 5) is 0. The second-order valence-electron chi connectivity index (χ2n) is 12.0. The third-order valence-corrected chi connectivity index (χ3v) is 9.73. The molecule has 0 atom stereocenters. The maximum absolute atomic E-state index is 2.51. The fraction of sp³-hybridized carbons (Fsp3) is 0.0476. The molecular weight excluding hydrogens is 532 g/mol. The normalized spacial score (nSPS) is 13.2. The van der Waals surface area contributed by atoms with Gasteiger partial charge in [0.05, 0.1) is 22.2 Å². The van der Waals surface area contributed by atoms with Crippen molar-refractivity contribution in [2.75, 3.05) is 0 Å². The Balaban J connectivity index is 1.26. The van der Waals surface area contributed by atoms with Gasteiger partial charge < -0.3 is 9.13 Å². The summed E-state index contributed by atoms with van der Waals surface area (Å²) in [7, 11) is 0. The monoisotopic (exact) mass is 560 g/mol. The molecule has 0 saturated carbocycles. The molecule has 0 radical (unpaired) electrons. The van der Waals surface area contributed by atoms with E-state index in [1.165, 1.54) is 88.7 Å². The standard InChI is InChI=1S/C42H28N2/c1-2-11-29(12-3-1)43-38-19-8-7-16-33(38)34-23-21-27(25-40(34)43)28-22-24-35-37-18-10-17-36-31-14-5-4-13-30(31)32-15-6-9-20-39(32)44(42(36)37)41(35)26-28/h1-7,9-18,20-26H,8,19H2. The zero-order valence-electron chi connectivity index (χ0n) is 24.2. The SMILES string of the molecule is C1=Cc2c(n(-c3ccccc3)c3cc(-c4ccc5c6cccc7c6n(c5c4)-c4ccccc4-c4ccccc4-7)ccc23)CC1. The predicted octanol–water partition coefficient (Wildman–Crippen LogP) is 11.0. The molecule has 44 heavy (non-hydrogen) atoms. The molecule has 0 saturated heterocycles. The van der Waals surface area contributed by atoms with Crippen molar-refractivity contribution in [2.45, 2.75) is 12.8 Å². The van der Waals surface area contributed by atoms with Crippen LogP contribution in [0.2, 0.25) is 0 Å². The number of para-hydroxylation sites is 3. The van der Waals surface area contributed by atoms with E-state index in [9.17, 15) is 0 Å². The molecule has 2 aliphatic rings. The smallest absolute Gasteiger partial charge is 0.0619 e. The summed E-state index contributed by atoms with van der Waals surface area (Å²) >= 11 is 0. The number of hydrogen-bond donors (Lipinski definition) is 0. The Bertz CT molecular complexity index is 2490. The number of nitrogens with zero attached hydrogens (tertiary/aromatic N) is 2. The Morgan fingerprint density at radius 3 is 1.95 bits per heavy atom. The van der Waals surface area contributed by atoms with Crippen molar-refractivity contribution in [3.8, 4) is 44.8 Å². The van der Waals surface area contributed by atoms with Crippen molar-refractivity contribution in [3.63, 3.8) is 0 Å². The number of benzene rings is 6. The number of aromatic nitrogens is 2. The van der Waals surface area contributed by atoms with Gasteiger partial charge >= 0.3 is 0 Å². The molecular formula is C42H28N2. The molecule has 1 aliphatic heterocycles. The highest BCUT2D eigenvalue weighted by Crippen LogP contribution is 2.47. The highest BCUT2D eigenvalue weighted by molar-refractivity contribution is 6.17. The molecule has 0 spiro atoms. The van der Waals surface area contributed by atoms with Crippen molar-refractivity contribution in [1.29, 1.82) is 0 Å². The average molecular weight is 561 g/mol. The van der Waals surface area contributed by atoms with E-state index in [2.05, 4.69) is 155 Å². The van der Waals surface area contributed by atoms with Crippen molar-refractivity contribution in [3.05, 3.63) is 151 Å². The Labute approximate surface area is 255 Å². The van der Waals surface area contributed by atoms with Crippen LogP contribution in [0.1, 0.15) is 17.7 Å². The highest BCUT2D eigenvalue weighted by Gasteiger charge is 2.24. The maximum atomic E-state index is 2.51. The van der Waals surface area contributed by atoms with Crippen LogP contribution in [0.15, 0.2) is 140 Å². The Morgan fingerprint density at radius 2 is 1.14 bits per heavy atom. The van der Waals surface area contributed by atoms with Crippen molar-refractivity contribution >= 4 is 38.8 Å². The third kappa shape index (κ3) is 3.20. The fourth-order valence-corrected chi connectivity index (χ4v) is 7.83. The first kappa shape index (κ1) is 23.9.